The monoisotopic (exact) mass is 388 g/mol. The number of amides is 1. The fourth-order valence-corrected chi connectivity index (χ4v) is 4.60. The van der Waals surface area contributed by atoms with Crippen molar-refractivity contribution in [2.75, 3.05) is 6.54 Å². The third-order valence-electron chi connectivity index (χ3n) is 4.86. The highest BCUT2D eigenvalue weighted by molar-refractivity contribution is 7.12. The van der Waals surface area contributed by atoms with Gasteiger partial charge in [-0.2, -0.15) is 0 Å². The number of aromatic nitrogens is 1. The van der Waals surface area contributed by atoms with Gasteiger partial charge in [-0.1, -0.05) is 29.8 Å². The number of carboxylic acid groups (broad SMARTS) is 1. The van der Waals surface area contributed by atoms with Crippen LogP contribution in [0, 0.1) is 6.92 Å². The quantitative estimate of drug-likeness (QED) is 0.739. The molecule has 0 saturated carbocycles. The molecule has 1 aromatic carbocycles. The van der Waals surface area contributed by atoms with E-state index in [1.165, 1.54) is 11.3 Å². The highest BCUT2D eigenvalue weighted by Gasteiger charge is 2.29. The maximum Gasteiger partial charge on any atom is 0.323 e. The molecule has 0 bridgehead atoms. The van der Waals surface area contributed by atoms with E-state index < -0.39 is 5.97 Å². The molecule has 5 nitrogen and oxygen atoms in total. The lowest BCUT2D eigenvalue weighted by molar-refractivity contribution is -0.137. The van der Waals surface area contributed by atoms with Crippen molar-refractivity contribution < 1.29 is 14.7 Å². The lowest BCUT2D eigenvalue weighted by atomic mass is 10.0. The minimum atomic E-state index is -0.903. The van der Waals surface area contributed by atoms with Gasteiger partial charge >= 0.3 is 5.97 Å². The molecular weight excluding hydrogens is 372 g/mol. The summed E-state index contributed by atoms with van der Waals surface area (Å²) >= 11 is 7.95. The molecule has 0 fully saturated rings. The van der Waals surface area contributed by atoms with Crippen LogP contribution in [0.15, 0.2) is 29.6 Å². The Bertz CT molecular complexity index is 1020. The molecule has 0 saturated heterocycles. The van der Waals surface area contributed by atoms with Crippen LogP contribution in [-0.2, 0) is 24.3 Å². The van der Waals surface area contributed by atoms with Gasteiger partial charge in [0.05, 0.1) is 15.4 Å². The minimum absolute atomic E-state index is 0.0167. The van der Waals surface area contributed by atoms with Crippen LogP contribution < -0.4 is 0 Å². The summed E-state index contributed by atoms with van der Waals surface area (Å²) in [6.07, 6.45) is 0.615. The highest BCUT2D eigenvalue weighted by atomic mass is 35.5. The summed E-state index contributed by atoms with van der Waals surface area (Å²) in [5.74, 6) is -0.887. The SMILES string of the molecule is Cc1ccc2c3c(n(CC(=O)O)c2c1Cl)CCN(C(=O)c1cccs1)C3. The first-order valence-electron chi connectivity index (χ1n) is 8.31. The standard InChI is InChI=1S/C19H17ClN2O3S/c1-11-4-5-12-13-9-21(19(25)15-3-2-8-26-15)7-6-14(13)22(10-16(23)24)18(12)17(11)20/h2-5,8H,6-7,9-10H2,1H3,(H,23,24). The van der Waals surface area contributed by atoms with Crippen molar-refractivity contribution in [1.82, 2.24) is 9.47 Å². The van der Waals surface area contributed by atoms with Crippen LogP contribution in [-0.4, -0.2) is 33.0 Å². The van der Waals surface area contributed by atoms with E-state index in [9.17, 15) is 14.7 Å². The summed E-state index contributed by atoms with van der Waals surface area (Å²) in [5.41, 5.74) is 3.63. The summed E-state index contributed by atoms with van der Waals surface area (Å²) in [6, 6.07) is 7.62. The van der Waals surface area contributed by atoms with E-state index in [1.54, 1.807) is 4.57 Å². The first-order chi connectivity index (χ1) is 12.5. The zero-order valence-electron chi connectivity index (χ0n) is 14.2. The van der Waals surface area contributed by atoms with Crippen molar-refractivity contribution in [3.05, 3.63) is 56.4 Å². The minimum Gasteiger partial charge on any atom is -0.480 e. The van der Waals surface area contributed by atoms with Crippen molar-refractivity contribution in [2.24, 2.45) is 0 Å². The van der Waals surface area contributed by atoms with E-state index in [2.05, 4.69) is 0 Å². The fraction of sp³-hybridized carbons (Fsp3) is 0.263. The number of halogens is 1. The lowest BCUT2D eigenvalue weighted by Gasteiger charge is -2.27. The average Bonchev–Trinajstić information content (AvgIpc) is 3.24. The second kappa shape index (κ2) is 6.45. The Balaban J connectivity index is 1.83. The molecule has 134 valence electrons. The number of nitrogens with zero attached hydrogens (tertiary/aromatic N) is 2. The Morgan fingerprint density at radius 1 is 1.31 bits per heavy atom. The molecule has 0 atom stereocenters. The van der Waals surface area contributed by atoms with Crippen LogP contribution in [0.1, 0.15) is 26.5 Å². The van der Waals surface area contributed by atoms with Crippen molar-refractivity contribution >= 4 is 45.7 Å². The fourth-order valence-electron chi connectivity index (χ4n) is 3.64. The number of carbonyl (C=O) groups is 2. The van der Waals surface area contributed by atoms with Gasteiger partial charge in [0.2, 0.25) is 0 Å². The van der Waals surface area contributed by atoms with Gasteiger partial charge in [0.1, 0.15) is 6.54 Å². The number of hydrogen-bond donors (Lipinski definition) is 1. The number of hydrogen-bond acceptors (Lipinski definition) is 3. The molecule has 1 aliphatic heterocycles. The first-order valence-corrected chi connectivity index (χ1v) is 9.56. The molecule has 3 aromatic rings. The summed E-state index contributed by atoms with van der Waals surface area (Å²) in [7, 11) is 0. The summed E-state index contributed by atoms with van der Waals surface area (Å²) in [5, 5.41) is 12.7. The average molecular weight is 389 g/mol. The molecule has 0 unspecified atom stereocenters. The zero-order valence-corrected chi connectivity index (χ0v) is 15.7. The lowest BCUT2D eigenvalue weighted by Crippen LogP contribution is -2.36. The van der Waals surface area contributed by atoms with Crippen LogP contribution in [0.5, 0.6) is 0 Å². The molecule has 2 aromatic heterocycles. The largest absolute Gasteiger partial charge is 0.480 e. The Labute approximate surface area is 159 Å². The molecule has 1 N–H and O–H groups in total. The van der Waals surface area contributed by atoms with Crippen LogP contribution in [0.3, 0.4) is 0 Å². The van der Waals surface area contributed by atoms with E-state index in [4.69, 9.17) is 11.6 Å². The van der Waals surface area contributed by atoms with E-state index in [0.717, 1.165) is 32.6 Å². The number of thiophene rings is 1. The normalized spacial score (nSPS) is 13.8. The van der Waals surface area contributed by atoms with Gasteiger partial charge in [0.15, 0.2) is 0 Å². The summed E-state index contributed by atoms with van der Waals surface area (Å²) in [4.78, 5) is 26.7. The molecule has 0 aliphatic carbocycles. The zero-order chi connectivity index (χ0) is 18.4. The number of aliphatic carboxylic acids is 1. The van der Waals surface area contributed by atoms with Crippen molar-refractivity contribution in [2.45, 2.75) is 26.4 Å². The van der Waals surface area contributed by atoms with Gasteiger partial charge in [-0.25, -0.2) is 0 Å². The van der Waals surface area contributed by atoms with Gasteiger partial charge in [-0.3, -0.25) is 9.59 Å². The Morgan fingerprint density at radius 3 is 2.81 bits per heavy atom. The Hall–Kier alpha value is -2.31. The number of aryl methyl sites for hydroxylation is 1. The number of carboxylic acids is 1. The molecule has 26 heavy (non-hydrogen) atoms. The molecule has 0 spiro atoms. The van der Waals surface area contributed by atoms with Gasteiger partial charge < -0.3 is 14.6 Å². The van der Waals surface area contributed by atoms with Gasteiger partial charge in [0, 0.05) is 36.2 Å². The molecule has 1 amide bonds. The van der Waals surface area contributed by atoms with Crippen molar-refractivity contribution in [3.8, 4) is 0 Å². The number of rotatable bonds is 3. The molecule has 7 heteroatoms. The van der Waals surface area contributed by atoms with Gasteiger partial charge in [-0.15, -0.1) is 11.3 Å². The number of benzene rings is 1. The predicted octanol–water partition coefficient (Wildman–Crippen LogP) is 3.95. The van der Waals surface area contributed by atoms with Crippen molar-refractivity contribution in [1.29, 1.82) is 0 Å². The molecule has 0 radical (unpaired) electrons. The maximum atomic E-state index is 12.7. The summed E-state index contributed by atoms with van der Waals surface area (Å²) in [6.45, 7) is 2.81. The van der Waals surface area contributed by atoms with Gasteiger partial charge in [0.25, 0.3) is 5.91 Å². The van der Waals surface area contributed by atoms with Crippen LogP contribution in [0.25, 0.3) is 10.9 Å². The number of carbonyl (C=O) groups excluding carboxylic acids is 1. The van der Waals surface area contributed by atoms with Crippen LogP contribution in [0.4, 0.5) is 0 Å². The van der Waals surface area contributed by atoms with E-state index in [-0.39, 0.29) is 12.5 Å². The predicted molar refractivity (Wildman–Crippen MR) is 102 cm³/mol. The van der Waals surface area contributed by atoms with Crippen LogP contribution in [0.2, 0.25) is 5.02 Å². The second-order valence-electron chi connectivity index (χ2n) is 6.45. The van der Waals surface area contributed by atoms with E-state index in [1.807, 2.05) is 41.5 Å². The van der Waals surface area contributed by atoms with E-state index >= 15 is 0 Å². The first kappa shape index (κ1) is 17.1. The van der Waals surface area contributed by atoms with Crippen LogP contribution >= 0.6 is 22.9 Å². The smallest absolute Gasteiger partial charge is 0.323 e. The summed E-state index contributed by atoms with van der Waals surface area (Å²) < 4.78 is 1.80. The number of fused-ring (bicyclic) bond motifs is 3. The van der Waals surface area contributed by atoms with E-state index in [0.29, 0.717) is 24.5 Å². The van der Waals surface area contributed by atoms with Crippen molar-refractivity contribution in [3.63, 3.8) is 0 Å². The maximum absolute atomic E-state index is 12.7. The molecule has 4 rings (SSSR count). The highest BCUT2D eigenvalue weighted by Crippen LogP contribution is 2.36. The molecular formula is C19H17ClN2O3S. The molecule has 1 aliphatic rings. The Morgan fingerprint density at radius 2 is 2.12 bits per heavy atom. The molecule has 3 heterocycles. The second-order valence-corrected chi connectivity index (χ2v) is 7.78. The Kier molecular flexibility index (Phi) is 4.25. The topological polar surface area (TPSA) is 62.5 Å². The third kappa shape index (κ3) is 2.70. The third-order valence-corrected chi connectivity index (χ3v) is 6.19. The van der Waals surface area contributed by atoms with Gasteiger partial charge in [-0.05, 0) is 23.9 Å².